The number of rotatable bonds is 4. The Bertz CT molecular complexity index is 1030. The number of nitrogens with zero attached hydrogens (tertiary/aromatic N) is 3. The maximum absolute atomic E-state index is 13.2. The van der Waals surface area contributed by atoms with Gasteiger partial charge in [-0.3, -0.25) is 4.79 Å². The number of carbonyl (C=O) groups is 1. The lowest BCUT2D eigenvalue weighted by molar-refractivity contribution is -0.137. The second kappa shape index (κ2) is 7.62. The summed E-state index contributed by atoms with van der Waals surface area (Å²) in [6.45, 7) is 2.16. The molecule has 152 valence electrons. The van der Waals surface area contributed by atoms with Crippen molar-refractivity contribution in [3.63, 3.8) is 0 Å². The highest BCUT2D eigenvalue weighted by Gasteiger charge is 2.31. The molecule has 1 N–H and O–H groups in total. The van der Waals surface area contributed by atoms with E-state index in [1.807, 2.05) is 6.07 Å². The zero-order valence-corrected chi connectivity index (χ0v) is 16.5. The molecule has 0 unspecified atom stereocenters. The summed E-state index contributed by atoms with van der Waals surface area (Å²) >= 11 is 1.42. The number of benzene rings is 1. The van der Waals surface area contributed by atoms with E-state index in [9.17, 15) is 18.0 Å². The van der Waals surface area contributed by atoms with Gasteiger partial charge in [0.15, 0.2) is 0 Å². The largest absolute Gasteiger partial charge is 0.416 e. The van der Waals surface area contributed by atoms with Gasteiger partial charge in [0.05, 0.1) is 21.8 Å². The van der Waals surface area contributed by atoms with Crippen molar-refractivity contribution in [1.29, 1.82) is 0 Å². The van der Waals surface area contributed by atoms with Crippen molar-refractivity contribution in [1.82, 2.24) is 14.8 Å². The normalized spacial score (nSPS) is 16.5. The summed E-state index contributed by atoms with van der Waals surface area (Å²) in [5.41, 5.74) is 0.691. The van der Waals surface area contributed by atoms with Crippen LogP contribution in [0.3, 0.4) is 0 Å². The van der Waals surface area contributed by atoms with Gasteiger partial charge in [-0.2, -0.15) is 18.3 Å². The average Bonchev–Trinajstić information content (AvgIpc) is 3.36. The van der Waals surface area contributed by atoms with Crippen LogP contribution >= 0.6 is 11.3 Å². The third-order valence-electron chi connectivity index (χ3n) is 5.22. The van der Waals surface area contributed by atoms with Crippen LogP contribution in [0.2, 0.25) is 0 Å². The second-order valence-corrected chi connectivity index (χ2v) is 8.24. The predicted molar refractivity (Wildman–Crippen MR) is 104 cm³/mol. The number of amides is 1. The van der Waals surface area contributed by atoms with Crippen LogP contribution in [0.25, 0.3) is 5.69 Å². The minimum absolute atomic E-state index is 0.0353. The van der Waals surface area contributed by atoms with Crippen LogP contribution in [0.1, 0.15) is 45.4 Å². The molecule has 2 aromatic heterocycles. The van der Waals surface area contributed by atoms with Gasteiger partial charge in [0.25, 0.3) is 5.91 Å². The number of thiophene rings is 1. The third kappa shape index (κ3) is 4.05. The van der Waals surface area contributed by atoms with Gasteiger partial charge in [0, 0.05) is 4.88 Å². The Morgan fingerprint density at radius 1 is 1.34 bits per heavy atom. The van der Waals surface area contributed by atoms with Gasteiger partial charge in [-0.25, -0.2) is 9.67 Å². The minimum Gasteiger partial charge on any atom is -0.319 e. The second-order valence-electron chi connectivity index (χ2n) is 7.10. The summed E-state index contributed by atoms with van der Waals surface area (Å²) in [6, 6.07) is 5.04. The van der Waals surface area contributed by atoms with Gasteiger partial charge in [-0.15, -0.1) is 11.3 Å². The summed E-state index contributed by atoms with van der Waals surface area (Å²) in [5, 5.41) is 6.61. The molecule has 1 amide bonds. The first-order valence-electron chi connectivity index (χ1n) is 9.34. The fourth-order valence-corrected chi connectivity index (χ4v) is 4.69. The van der Waals surface area contributed by atoms with Gasteiger partial charge in [-0.05, 0) is 55.0 Å². The molecule has 1 atom stereocenters. The predicted octanol–water partition coefficient (Wildman–Crippen LogP) is 5.11. The molecule has 2 heterocycles. The van der Waals surface area contributed by atoms with Crippen molar-refractivity contribution >= 4 is 22.9 Å². The molecule has 0 fully saturated rings. The molecule has 0 aliphatic heterocycles. The van der Waals surface area contributed by atoms with E-state index in [-0.39, 0.29) is 5.69 Å². The van der Waals surface area contributed by atoms with Gasteiger partial charge in [0.1, 0.15) is 12.7 Å². The Hall–Kier alpha value is -2.68. The molecule has 29 heavy (non-hydrogen) atoms. The smallest absolute Gasteiger partial charge is 0.319 e. The SMILES string of the molecule is CC[C@@H]1CCc2sc(C(=O)Nc3cc(C(F)(F)F)ccc3-n3cncn3)cc2C1. The first-order valence-corrected chi connectivity index (χ1v) is 10.2. The minimum atomic E-state index is -4.52. The molecular weight excluding hydrogens is 401 g/mol. The molecule has 1 aliphatic carbocycles. The highest BCUT2D eigenvalue weighted by molar-refractivity contribution is 7.14. The van der Waals surface area contributed by atoms with Crippen LogP contribution in [0, 0.1) is 5.92 Å². The Balaban J connectivity index is 1.65. The molecule has 5 nitrogen and oxygen atoms in total. The lowest BCUT2D eigenvalue weighted by atomic mass is 9.87. The number of halogens is 3. The summed E-state index contributed by atoms with van der Waals surface area (Å²) < 4.78 is 40.9. The molecule has 0 spiro atoms. The Morgan fingerprint density at radius 2 is 2.17 bits per heavy atom. The van der Waals surface area contributed by atoms with Crippen molar-refractivity contribution in [2.24, 2.45) is 5.92 Å². The monoisotopic (exact) mass is 420 g/mol. The topological polar surface area (TPSA) is 59.8 Å². The van der Waals surface area contributed by atoms with Crippen LogP contribution in [-0.2, 0) is 19.0 Å². The fourth-order valence-electron chi connectivity index (χ4n) is 3.59. The van der Waals surface area contributed by atoms with Crippen molar-refractivity contribution < 1.29 is 18.0 Å². The van der Waals surface area contributed by atoms with E-state index in [4.69, 9.17) is 0 Å². The maximum Gasteiger partial charge on any atom is 0.416 e. The molecule has 9 heteroatoms. The number of hydrogen-bond donors (Lipinski definition) is 1. The van der Waals surface area contributed by atoms with Crippen LogP contribution in [0.15, 0.2) is 36.9 Å². The quantitative estimate of drug-likeness (QED) is 0.638. The number of hydrogen-bond acceptors (Lipinski definition) is 4. The van der Waals surface area contributed by atoms with E-state index in [0.29, 0.717) is 16.5 Å². The van der Waals surface area contributed by atoms with E-state index < -0.39 is 17.6 Å². The molecule has 4 rings (SSSR count). The first kappa shape index (κ1) is 19.6. The Morgan fingerprint density at radius 3 is 2.86 bits per heavy atom. The summed E-state index contributed by atoms with van der Waals surface area (Å²) in [5.74, 6) is 0.202. The Labute approximate surface area is 169 Å². The van der Waals surface area contributed by atoms with Crippen molar-refractivity contribution in [3.8, 4) is 5.69 Å². The molecule has 0 saturated heterocycles. The highest BCUT2D eigenvalue weighted by Crippen LogP contribution is 2.36. The first-order chi connectivity index (χ1) is 13.8. The highest BCUT2D eigenvalue weighted by atomic mass is 32.1. The van der Waals surface area contributed by atoms with E-state index in [1.54, 1.807) is 0 Å². The number of fused-ring (bicyclic) bond motifs is 1. The third-order valence-corrected chi connectivity index (χ3v) is 6.46. The number of carbonyl (C=O) groups excluding carboxylic acids is 1. The van der Waals surface area contributed by atoms with Crippen molar-refractivity contribution in [2.75, 3.05) is 5.32 Å². The number of nitrogens with one attached hydrogen (secondary N) is 1. The molecular formula is C20H19F3N4OS. The Kier molecular flexibility index (Phi) is 5.16. The van der Waals surface area contributed by atoms with E-state index >= 15 is 0 Å². The molecule has 1 aliphatic rings. The average molecular weight is 420 g/mol. The lowest BCUT2D eigenvalue weighted by Crippen LogP contribution is -2.15. The number of aryl methyl sites for hydroxylation is 1. The van der Waals surface area contributed by atoms with Crippen molar-refractivity contribution in [3.05, 3.63) is 57.8 Å². The molecule has 0 saturated carbocycles. The fraction of sp³-hybridized carbons (Fsp3) is 0.350. The van der Waals surface area contributed by atoms with E-state index in [1.165, 1.54) is 45.2 Å². The van der Waals surface area contributed by atoms with Gasteiger partial charge in [-0.1, -0.05) is 13.3 Å². The lowest BCUT2D eigenvalue weighted by Gasteiger charge is -2.19. The zero-order valence-electron chi connectivity index (χ0n) is 15.7. The summed E-state index contributed by atoms with van der Waals surface area (Å²) in [4.78, 5) is 18.4. The summed E-state index contributed by atoms with van der Waals surface area (Å²) in [7, 11) is 0. The van der Waals surface area contributed by atoms with Gasteiger partial charge in [0.2, 0.25) is 0 Å². The van der Waals surface area contributed by atoms with Crippen LogP contribution in [0.4, 0.5) is 18.9 Å². The molecule has 3 aromatic rings. The maximum atomic E-state index is 13.2. The van der Waals surface area contributed by atoms with Crippen LogP contribution < -0.4 is 5.32 Å². The number of alkyl halides is 3. The van der Waals surface area contributed by atoms with E-state index in [0.717, 1.165) is 37.8 Å². The zero-order chi connectivity index (χ0) is 20.6. The molecule has 1 aromatic carbocycles. The number of aromatic nitrogens is 3. The standard InChI is InChI=1S/C20H19F3N4OS/c1-2-12-3-6-17-13(7-12)8-18(29-17)19(28)26-15-9-14(20(21,22)23)4-5-16(15)27-11-24-10-25-27/h4-5,8-12H,2-3,6-7H2,1H3,(H,26,28)/t12-/m1/s1. The van der Waals surface area contributed by atoms with Crippen LogP contribution in [0.5, 0.6) is 0 Å². The molecule has 0 bridgehead atoms. The van der Waals surface area contributed by atoms with Gasteiger partial charge >= 0.3 is 6.18 Å². The van der Waals surface area contributed by atoms with Gasteiger partial charge < -0.3 is 5.32 Å². The van der Waals surface area contributed by atoms with E-state index in [2.05, 4.69) is 22.3 Å². The number of anilines is 1. The van der Waals surface area contributed by atoms with Crippen molar-refractivity contribution in [2.45, 2.75) is 38.8 Å². The van der Waals surface area contributed by atoms with Crippen LogP contribution in [-0.4, -0.2) is 20.7 Å². The molecule has 0 radical (unpaired) electrons. The summed E-state index contributed by atoms with van der Waals surface area (Å²) in [6.07, 6.45) is 2.23.